The van der Waals surface area contributed by atoms with Gasteiger partial charge in [0.2, 0.25) is 0 Å². The number of nitrogens with zero attached hydrogens (tertiary/aromatic N) is 2. The molecule has 1 fully saturated rings. The zero-order valence-corrected chi connectivity index (χ0v) is 14.5. The summed E-state index contributed by atoms with van der Waals surface area (Å²) >= 11 is 0. The fourth-order valence-corrected chi connectivity index (χ4v) is 3.20. The molecule has 0 unspecified atom stereocenters. The molecule has 21 heavy (non-hydrogen) atoms. The number of imidazole rings is 1. The molecule has 0 N–H and O–H groups in total. The van der Waals surface area contributed by atoms with E-state index in [2.05, 4.69) is 4.57 Å². The second kappa shape index (κ2) is 7.43. The molecule has 1 heterocycles. The van der Waals surface area contributed by atoms with Crippen LogP contribution in [0.1, 0.15) is 50.3 Å². The number of aryl methyl sites for hydroxylation is 1. The number of hydrogen-bond acceptors (Lipinski definition) is 3. The van der Waals surface area contributed by atoms with Gasteiger partial charge in [-0.2, -0.15) is 0 Å². The zero-order chi connectivity index (χ0) is 13.9. The number of aliphatic carboxylic acids is 1. The summed E-state index contributed by atoms with van der Waals surface area (Å²) in [6.45, 7) is 0.453. The largest absolute Gasteiger partial charge is 1.00 e. The Balaban J connectivity index is 0.00000161. The Bertz CT molecular complexity index is 618. The molecule has 0 spiro atoms. The minimum absolute atomic E-state index is 0. The number of carbonyl (C=O) groups is 1. The Kier molecular flexibility index (Phi) is 5.85. The molecule has 2 aromatic rings. The molecule has 0 radical (unpaired) electrons. The number of carbonyl (C=O) groups excluding carboxylic acids is 1. The van der Waals surface area contributed by atoms with Crippen molar-refractivity contribution in [2.24, 2.45) is 0 Å². The summed E-state index contributed by atoms with van der Waals surface area (Å²) < 4.78 is 2.08. The molecule has 106 valence electrons. The molecule has 4 nitrogen and oxygen atoms in total. The minimum atomic E-state index is -1.00. The van der Waals surface area contributed by atoms with Crippen molar-refractivity contribution in [1.82, 2.24) is 9.55 Å². The first kappa shape index (κ1) is 16.5. The fraction of sp³-hybridized carbons (Fsp3) is 0.500. The summed E-state index contributed by atoms with van der Waals surface area (Å²) in [6, 6.07) is 7.97. The number of fused-ring (bicyclic) bond motifs is 1. The molecular weight excluding hydrogens is 275 g/mol. The van der Waals surface area contributed by atoms with Crippen LogP contribution in [0.5, 0.6) is 0 Å². The summed E-state index contributed by atoms with van der Waals surface area (Å²) in [5, 5.41) is 10.8. The summed E-state index contributed by atoms with van der Waals surface area (Å²) in [4.78, 5) is 15.5. The van der Waals surface area contributed by atoms with Crippen molar-refractivity contribution in [1.29, 1.82) is 0 Å². The number of benzene rings is 1. The van der Waals surface area contributed by atoms with Crippen molar-refractivity contribution in [2.45, 2.75) is 51.0 Å². The van der Waals surface area contributed by atoms with Crippen LogP contribution in [0.15, 0.2) is 24.3 Å². The zero-order valence-electron chi connectivity index (χ0n) is 12.5. The maximum absolute atomic E-state index is 10.8. The normalized spacial score (nSPS) is 15.8. The second-order valence-corrected chi connectivity index (χ2v) is 5.57. The Hall–Kier alpha value is -0.840. The molecule has 1 aliphatic rings. The third-order valence-corrected chi connectivity index (χ3v) is 4.19. The van der Waals surface area contributed by atoms with Gasteiger partial charge in [0.15, 0.2) is 0 Å². The maximum atomic E-state index is 10.8. The van der Waals surface area contributed by atoms with Gasteiger partial charge in [0.1, 0.15) is 5.82 Å². The summed E-state index contributed by atoms with van der Waals surface area (Å²) in [5.74, 6) is 0.530. The third-order valence-electron chi connectivity index (χ3n) is 4.19. The van der Waals surface area contributed by atoms with E-state index in [1.807, 2.05) is 24.3 Å². The van der Waals surface area contributed by atoms with Crippen LogP contribution in [0.2, 0.25) is 0 Å². The van der Waals surface area contributed by atoms with E-state index in [0.717, 1.165) is 29.7 Å². The molecule has 1 aromatic carbocycles. The summed E-state index contributed by atoms with van der Waals surface area (Å²) in [7, 11) is 0. The molecule has 0 bridgehead atoms. The molecule has 0 aliphatic heterocycles. The topological polar surface area (TPSA) is 57.9 Å². The van der Waals surface area contributed by atoms with Crippen LogP contribution in [-0.2, 0) is 11.3 Å². The molecule has 0 saturated heterocycles. The monoisotopic (exact) mass is 294 g/mol. The van der Waals surface area contributed by atoms with E-state index in [4.69, 9.17) is 4.98 Å². The predicted octanol–water partition coefficient (Wildman–Crippen LogP) is -0.772. The SMILES string of the molecule is O=C([O-])CCn1c(C2CCCCC2)nc2ccccc21.[Na+]. The van der Waals surface area contributed by atoms with Crippen molar-refractivity contribution in [3.63, 3.8) is 0 Å². The number of carboxylic acid groups (broad SMARTS) is 1. The van der Waals surface area contributed by atoms with Crippen LogP contribution in [0.25, 0.3) is 11.0 Å². The quantitative estimate of drug-likeness (QED) is 0.696. The molecule has 1 saturated carbocycles. The van der Waals surface area contributed by atoms with Gasteiger partial charge >= 0.3 is 29.6 Å². The summed E-state index contributed by atoms with van der Waals surface area (Å²) in [5.41, 5.74) is 2.00. The van der Waals surface area contributed by atoms with E-state index >= 15 is 0 Å². The number of hydrogen-bond donors (Lipinski definition) is 0. The average Bonchev–Trinajstić information content (AvgIpc) is 2.84. The predicted molar refractivity (Wildman–Crippen MR) is 75.2 cm³/mol. The van der Waals surface area contributed by atoms with Crippen molar-refractivity contribution >= 4 is 17.0 Å². The van der Waals surface area contributed by atoms with Crippen molar-refractivity contribution in [3.05, 3.63) is 30.1 Å². The number of aromatic nitrogens is 2. The molecule has 1 aliphatic carbocycles. The van der Waals surface area contributed by atoms with Crippen LogP contribution in [-0.4, -0.2) is 15.5 Å². The van der Waals surface area contributed by atoms with Crippen molar-refractivity contribution < 1.29 is 39.5 Å². The first-order chi connectivity index (χ1) is 9.75. The van der Waals surface area contributed by atoms with Gasteiger partial charge < -0.3 is 14.5 Å². The van der Waals surface area contributed by atoms with Gasteiger partial charge in [-0.15, -0.1) is 0 Å². The fourth-order valence-electron chi connectivity index (χ4n) is 3.20. The first-order valence-corrected chi connectivity index (χ1v) is 7.40. The second-order valence-electron chi connectivity index (χ2n) is 5.57. The van der Waals surface area contributed by atoms with Crippen LogP contribution in [0.4, 0.5) is 0 Å². The Morgan fingerprint density at radius 2 is 1.95 bits per heavy atom. The van der Waals surface area contributed by atoms with E-state index in [-0.39, 0.29) is 36.0 Å². The first-order valence-electron chi connectivity index (χ1n) is 7.40. The molecule has 1 aromatic heterocycles. The Labute approximate surface area is 146 Å². The third kappa shape index (κ3) is 3.68. The summed E-state index contributed by atoms with van der Waals surface area (Å²) in [6.07, 6.45) is 6.15. The number of carboxylic acids is 1. The van der Waals surface area contributed by atoms with E-state index < -0.39 is 5.97 Å². The van der Waals surface area contributed by atoms with Crippen molar-refractivity contribution in [2.75, 3.05) is 0 Å². The van der Waals surface area contributed by atoms with Gasteiger partial charge in [0.25, 0.3) is 0 Å². The van der Waals surface area contributed by atoms with Crippen molar-refractivity contribution in [3.8, 4) is 0 Å². The maximum Gasteiger partial charge on any atom is 1.00 e. The van der Waals surface area contributed by atoms with Crippen LogP contribution in [0, 0.1) is 0 Å². The number of rotatable bonds is 4. The minimum Gasteiger partial charge on any atom is -0.550 e. The molecule has 3 rings (SSSR count). The van der Waals surface area contributed by atoms with Gasteiger partial charge in [0, 0.05) is 24.9 Å². The molecule has 0 amide bonds. The Morgan fingerprint density at radius 3 is 2.67 bits per heavy atom. The van der Waals surface area contributed by atoms with E-state index in [0.29, 0.717) is 12.5 Å². The van der Waals surface area contributed by atoms with E-state index in [1.165, 1.54) is 19.3 Å². The van der Waals surface area contributed by atoms with Gasteiger partial charge in [-0.25, -0.2) is 4.98 Å². The standard InChI is InChI=1S/C16H20N2O2.Na/c19-15(20)10-11-18-14-9-5-4-8-13(14)17-16(18)12-6-2-1-3-7-12;/h4-5,8-9,12H,1-3,6-7,10-11H2,(H,19,20);/q;+1/p-1. The smallest absolute Gasteiger partial charge is 0.550 e. The average molecular weight is 294 g/mol. The molecular formula is C16H19N2NaO2. The van der Waals surface area contributed by atoms with Crippen LogP contribution < -0.4 is 34.7 Å². The van der Waals surface area contributed by atoms with Gasteiger partial charge in [-0.3, -0.25) is 0 Å². The van der Waals surface area contributed by atoms with Crippen LogP contribution in [0.3, 0.4) is 0 Å². The Morgan fingerprint density at radius 1 is 1.24 bits per heavy atom. The van der Waals surface area contributed by atoms with Crippen LogP contribution >= 0.6 is 0 Å². The number of para-hydroxylation sites is 2. The van der Waals surface area contributed by atoms with Gasteiger partial charge in [0.05, 0.1) is 11.0 Å². The molecule has 0 atom stereocenters. The van der Waals surface area contributed by atoms with E-state index in [9.17, 15) is 9.90 Å². The van der Waals surface area contributed by atoms with Gasteiger partial charge in [-0.05, 0) is 25.0 Å². The van der Waals surface area contributed by atoms with E-state index in [1.54, 1.807) is 0 Å². The van der Waals surface area contributed by atoms with Gasteiger partial charge in [-0.1, -0.05) is 31.4 Å². The molecule has 5 heteroatoms.